The number of anilines is 1. The van der Waals surface area contributed by atoms with E-state index in [1.54, 1.807) is 0 Å². The number of hydrogen-bond acceptors (Lipinski definition) is 3. The van der Waals surface area contributed by atoms with Crippen molar-refractivity contribution in [3.05, 3.63) is 23.3 Å². The van der Waals surface area contributed by atoms with Gasteiger partial charge in [0.1, 0.15) is 5.75 Å². The number of aryl methyl sites for hydroxylation is 1. The van der Waals surface area contributed by atoms with Crippen molar-refractivity contribution in [2.75, 3.05) is 32.0 Å². The summed E-state index contributed by atoms with van der Waals surface area (Å²) in [5.41, 5.74) is 9.18. The van der Waals surface area contributed by atoms with Gasteiger partial charge in [0.15, 0.2) is 0 Å². The second-order valence-electron chi connectivity index (χ2n) is 6.15. The monoisotopic (exact) mass is 276 g/mol. The Morgan fingerprint density at radius 1 is 1.25 bits per heavy atom. The van der Waals surface area contributed by atoms with Gasteiger partial charge in [0, 0.05) is 12.2 Å². The van der Waals surface area contributed by atoms with E-state index in [1.165, 1.54) is 31.5 Å². The molecule has 3 nitrogen and oxygen atoms in total. The van der Waals surface area contributed by atoms with Gasteiger partial charge in [0.2, 0.25) is 0 Å². The first-order valence-corrected chi connectivity index (χ1v) is 7.83. The van der Waals surface area contributed by atoms with Gasteiger partial charge in [-0.15, -0.1) is 0 Å². The maximum absolute atomic E-state index is 6.01. The molecule has 0 unspecified atom stereocenters. The first kappa shape index (κ1) is 15.2. The molecule has 1 fully saturated rings. The summed E-state index contributed by atoms with van der Waals surface area (Å²) in [5, 5.41) is 0. The lowest BCUT2D eigenvalue weighted by atomic mass is 9.99. The first-order valence-electron chi connectivity index (χ1n) is 7.83. The molecular weight excluding hydrogens is 248 g/mol. The molecule has 1 aliphatic heterocycles. The summed E-state index contributed by atoms with van der Waals surface area (Å²) in [6, 6.07) is 4.15. The van der Waals surface area contributed by atoms with E-state index in [9.17, 15) is 0 Å². The molecular formula is C17H28N2O. The molecule has 2 rings (SSSR count). The summed E-state index contributed by atoms with van der Waals surface area (Å²) in [7, 11) is 0. The Hall–Kier alpha value is -1.22. The SMILES string of the molecule is Cc1cc(OCCCN2CCCC2)c(C(C)C)cc1N. The molecule has 1 aromatic carbocycles. The van der Waals surface area contributed by atoms with E-state index in [4.69, 9.17) is 10.5 Å². The first-order chi connectivity index (χ1) is 9.58. The van der Waals surface area contributed by atoms with Gasteiger partial charge < -0.3 is 15.4 Å². The van der Waals surface area contributed by atoms with Crippen molar-refractivity contribution in [1.82, 2.24) is 4.90 Å². The lowest BCUT2D eigenvalue weighted by Crippen LogP contribution is -2.22. The van der Waals surface area contributed by atoms with Crippen LogP contribution in [0.15, 0.2) is 12.1 Å². The summed E-state index contributed by atoms with van der Waals surface area (Å²) >= 11 is 0. The van der Waals surface area contributed by atoms with Gasteiger partial charge in [-0.2, -0.15) is 0 Å². The van der Waals surface area contributed by atoms with E-state index in [2.05, 4.69) is 30.9 Å². The van der Waals surface area contributed by atoms with E-state index in [-0.39, 0.29) is 0 Å². The fourth-order valence-electron chi connectivity index (χ4n) is 2.77. The van der Waals surface area contributed by atoms with Gasteiger partial charge in [-0.3, -0.25) is 0 Å². The molecule has 1 aliphatic rings. The fourth-order valence-corrected chi connectivity index (χ4v) is 2.77. The van der Waals surface area contributed by atoms with Gasteiger partial charge in [-0.1, -0.05) is 13.8 Å². The largest absolute Gasteiger partial charge is 0.493 e. The molecule has 1 saturated heterocycles. The highest BCUT2D eigenvalue weighted by Gasteiger charge is 2.12. The Morgan fingerprint density at radius 3 is 2.60 bits per heavy atom. The molecule has 3 heteroatoms. The minimum Gasteiger partial charge on any atom is -0.493 e. The van der Waals surface area contributed by atoms with Gasteiger partial charge in [-0.05, 0) is 68.5 Å². The van der Waals surface area contributed by atoms with Crippen LogP contribution in [-0.2, 0) is 0 Å². The molecule has 2 N–H and O–H groups in total. The second-order valence-corrected chi connectivity index (χ2v) is 6.15. The van der Waals surface area contributed by atoms with Crippen LogP contribution in [0.1, 0.15) is 50.2 Å². The third kappa shape index (κ3) is 3.89. The maximum Gasteiger partial charge on any atom is 0.123 e. The number of nitrogens with zero attached hydrogens (tertiary/aromatic N) is 1. The average Bonchev–Trinajstić information content (AvgIpc) is 2.91. The highest BCUT2D eigenvalue weighted by Crippen LogP contribution is 2.31. The van der Waals surface area contributed by atoms with Gasteiger partial charge in [0.05, 0.1) is 6.61 Å². The van der Waals surface area contributed by atoms with Crippen molar-refractivity contribution in [2.24, 2.45) is 0 Å². The van der Waals surface area contributed by atoms with Gasteiger partial charge in [0.25, 0.3) is 0 Å². The van der Waals surface area contributed by atoms with Crippen molar-refractivity contribution >= 4 is 5.69 Å². The zero-order valence-corrected chi connectivity index (χ0v) is 13.1. The molecule has 1 heterocycles. The van der Waals surface area contributed by atoms with Gasteiger partial charge in [-0.25, -0.2) is 0 Å². The maximum atomic E-state index is 6.01. The van der Waals surface area contributed by atoms with Crippen LogP contribution in [0, 0.1) is 6.92 Å². The van der Waals surface area contributed by atoms with Crippen LogP contribution in [0.3, 0.4) is 0 Å². The number of ether oxygens (including phenoxy) is 1. The third-order valence-corrected chi connectivity index (χ3v) is 4.10. The van der Waals surface area contributed by atoms with Crippen molar-refractivity contribution in [3.8, 4) is 5.75 Å². The van der Waals surface area contributed by atoms with Crippen molar-refractivity contribution in [3.63, 3.8) is 0 Å². The fraction of sp³-hybridized carbons (Fsp3) is 0.647. The Bertz CT molecular complexity index is 437. The summed E-state index contributed by atoms with van der Waals surface area (Å²) < 4.78 is 6.01. The Kier molecular flexibility index (Phi) is 5.30. The molecule has 20 heavy (non-hydrogen) atoms. The molecule has 1 aromatic rings. The minimum absolute atomic E-state index is 0.437. The Morgan fingerprint density at radius 2 is 1.95 bits per heavy atom. The molecule has 0 amide bonds. The van der Waals surface area contributed by atoms with Crippen molar-refractivity contribution < 1.29 is 4.74 Å². The predicted molar refractivity (Wildman–Crippen MR) is 85.5 cm³/mol. The number of nitrogen functional groups attached to an aromatic ring is 1. The molecule has 0 aliphatic carbocycles. The molecule has 0 atom stereocenters. The summed E-state index contributed by atoms with van der Waals surface area (Å²) in [4.78, 5) is 2.53. The van der Waals surface area contributed by atoms with E-state index >= 15 is 0 Å². The third-order valence-electron chi connectivity index (χ3n) is 4.10. The molecule has 112 valence electrons. The predicted octanol–water partition coefficient (Wildman–Crippen LogP) is 3.57. The van der Waals surface area contributed by atoms with Crippen molar-refractivity contribution in [1.29, 1.82) is 0 Å². The number of hydrogen-bond donors (Lipinski definition) is 1. The number of nitrogens with two attached hydrogens (primary N) is 1. The topological polar surface area (TPSA) is 38.5 Å². The number of rotatable bonds is 6. The molecule has 0 aromatic heterocycles. The zero-order valence-electron chi connectivity index (χ0n) is 13.1. The quantitative estimate of drug-likeness (QED) is 0.637. The molecule has 0 saturated carbocycles. The summed E-state index contributed by atoms with van der Waals surface area (Å²) in [6.07, 6.45) is 3.81. The number of benzene rings is 1. The standard InChI is InChI=1S/C17H28N2O/c1-13(2)15-12-16(18)14(3)11-17(15)20-10-6-9-19-7-4-5-8-19/h11-13H,4-10,18H2,1-3H3. The summed E-state index contributed by atoms with van der Waals surface area (Å²) in [6.45, 7) is 10.9. The van der Waals surface area contributed by atoms with Crippen molar-refractivity contribution in [2.45, 2.75) is 46.0 Å². The van der Waals surface area contributed by atoms with E-state index in [1.807, 2.05) is 6.92 Å². The number of likely N-dealkylation sites (tertiary alicyclic amines) is 1. The smallest absolute Gasteiger partial charge is 0.123 e. The van der Waals surface area contributed by atoms with Crippen LogP contribution >= 0.6 is 0 Å². The van der Waals surface area contributed by atoms with Crippen LogP contribution in [0.5, 0.6) is 5.75 Å². The highest BCUT2D eigenvalue weighted by molar-refractivity contribution is 5.55. The van der Waals surface area contributed by atoms with Crippen LogP contribution < -0.4 is 10.5 Å². The Balaban J connectivity index is 1.89. The lowest BCUT2D eigenvalue weighted by molar-refractivity contribution is 0.261. The molecule has 0 spiro atoms. The lowest BCUT2D eigenvalue weighted by Gasteiger charge is -2.18. The normalized spacial score (nSPS) is 16.0. The molecule has 0 bridgehead atoms. The van der Waals surface area contributed by atoms with Crippen LogP contribution in [-0.4, -0.2) is 31.1 Å². The van der Waals surface area contributed by atoms with Crippen LogP contribution in [0.2, 0.25) is 0 Å². The highest BCUT2D eigenvalue weighted by atomic mass is 16.5. The Labute approximate surface area is 123 Å². The van der Waals surface area contributed by atoms with E-state index in [0.29, 0.717) is 5.92 Å². The van der Waals surface area contributed by atoms with Gasteiger partial charge >= 0.3 is 0 Å². The zero-order chi connectivity index (χ0) is 14.5. The van der Waals surface area contributed by atoms with Crippen LogP contribution in [0.4, 0.5) is 5.69 Å². The van der Waals surface area contributed by atoms with Crippen LogP contribution in [0.25, 0.3) is 0 Å². The van der Waals surface area contributed by atoms with E-state index in [0.717, 1.165) is 36.6 Å². The summed E-state index contributed by atoms with van der Waals surface area (Å²) in [5.74, 6) is 1.44. The minimum atomic E-state index is 0.437. The average molecular weight is 276 g/mol. The van der Waals surface area contributed by atoms with E-state index < -0.39 is 0 Å². The second kappa shape index (κ2) is 6.98. The molecule has 0 radical (unpaired) electrons.